The fourth-order valence-corrected chi connectivity index (χ4v) is 1.96. The molecule has 2 nitrogen and oxygen atoms in total. The van der Waals surface area contributed by atoms with Gasteiger partial charge in [0.15, 0.2) is 11.6 Å². The predicted molar refractivity (Wildman–Crippen MR) is 53.0 cm³/mol. The number of benzene rings is 1. The molecule has 3 heteroatoms. The van der Waals surface area contributed by atoms with E-state index in [-0.39, 0.29) is 11.9 Å². The number of ether oxygens (including phenoxy) is 1. The van der Waals surface area contributed by atoms with Gasteiger partial charge in [-0.3, -0.25) is 0 Å². The molecule has 1 aromatic carbocycles. The van der Waals surface area contributed by atoms with E-state index in [1.165, 1.54) is 6.07 Å². The molecular weight excluding hydrogens is 181 g/mol. The summed E-state index contributed by atoms with van der Waals surface area (Å²) in [6, 6.07) is 3.48. The lowest BCUT2D eigenvalue weighted by molar-refractivity contribution is 0.244. The van der Waals surface area contributed by atoms with Gasteiger partial charge in [-0.2, -0.15) is 0 Å². The van der Waals surface area contributed by atoms with E-state index in [4.69, 9.17) is 4.74 Å². The minimum absolute atomic E-state index is 0.217. The van der Waals surface area contributed by atoms with E-state index in [9.17, 15) is 4.39 Å². The third-order valence-electron chi connectivity index (χ3n) is 2.72. The molecule has 0 saturated heterocycles. The molecule has 0 aliphatic carbocycles. The van der Waals surface area contributed by atoms with Crippen LogP contribution in [0.3, 0.4) is 0 Å². The number of nitrogens with one attached hydrogen (secondary N) is 1. The zero-order valence-corrected chi connectivity index (χ0v) is 8.43. The number of halogens is 1. The molecule has 0 fully saturated rings. The van der Waals surface area contributed by atoms with Crippen molar-refractivity contribution in [3.8, 4) is 5.75 Å². The van der Waals surface area contributed by atoms with Crippen LogP contribution in [0.5, 0.6) is 5.75 Å². The molecule has 0 saturated carbocycles. The topological polar surface area (TPSA) is 21.3 Å². The maximum atomic E-state index is 13.4. The van der Waals surface area contributed by atoms with Gasteiger partial charge in [0, 0.05) is 18.0 Å². The Kier molecular flexibility index (Phi) is 2.42. The van der Waals surface area contributed by atoms with Gasteiger partial charge < -0.3 is 10.1 Å². The standard InChI is InChI=1S/C11H14FNO/c1-7-3-4-8(12)11-10(7)9(13-2)5-6-14-11/h3-4,9,13H,5-6H2,1-2H3. The molecular formula is C11H14FNO. The van der Waals surface area contributed by atoms with Crippen LogP contribution in [0.15, 0.2) is 12.1 Å². The number of rotatable bonds is 1. The van der Waals surface area contributed by atoms with Crippen molar-refractivity contribution in [2.75, 3.05) is 13.7 Å². The summed E-state index contributed by atoms with van der Waals surface area (Å²) in [4.78, 5) is 0. The average molecular weight is 195 g/mol. The van der Waals surface area contributed by atoms with Crippen molar-refractivity contribution in [3.63, 3.8) is 0 Å². The number of hydrogen-bond acceptors (Lipinski definition) is 2. The fraction of sp³-hybridized carbons (Fsp3) is 0.455. The lowest BCUT2D eigenvalue weighted by atomic mass is 9.96. The smallest absolute Gasteiger partial charge is 0.165 e. The van der Waals surface area contributed by atoms with Crippen molar-refractivity contribution in [1.29, 1.82) is 0 Å². The highest BCUT2D eigenvalue weighted by atomic mass is 19.1. The molecule has 1 atom stereocenters. The first-order chi connectivity index (χ1) is 6.74. The Hall–Kier alpha value is -1.09. The second-order valence-corrected chi connectivity index (χ2v) is 3.59. The van der Waals surface area contributed by atoms with Crippen LogP contribution >= 0.6 is 0 Å². The molecule has 0 radical (unpaired) electrons. The van der Waals surface area contributed by atoms with Crippen LogP contribution in [-0.2, 0) is 0 Å². The molecule has 1 aromatic rings. The van der Waals surface area contributed by atoms with Crippen molar-refractivity contribution < 1.29 is 9.13 Å². The Morgan fingerprint density at radius 2 is 2.29 bits per heavy atom. The average Bonchev–Trinajstić information content (AvgIpc) is 2.23. The van der Waals surface area contributed by atoms with Gasteiger partial charge in [-0.1, -0.05) is 6.07 Å². The third kappa shape index (κ3) is 1.38. The molecule has 1 N–H and O–H groups in total. The minimum atomic E-state index is -0.259. The summed E-state index contributed by atoms with van der Waals surface area (Å²) in [5.74, 6) is 0.168. The number of aryl methyl sites for hydroxylation is 1. The largest absolute Gasteiger partial charge is 0.490 e. The Balaban J connectivity index is 2.55. The van der Waals surface area contributed by atoms with E-state index in [0.29, 0.717) is 12.4 Å². The van der Waals surface area contributed by atoms with Gasteiger partial charge in [-0.15, -0.1) is 0 Å². The lowest BCUT2D eigenvalue weighted by Gasteiger charge is -2.27. The van der Waals surface area contributed by atoms with Gasteiger partial charge in [0.25, 0.3) is 0 Å². The van der Waals surface area contributed by atoms with Gasteiger partial charge in [0.05, 0.1) is 6.61 Å². The molecule has 0 amide bonds. The van der Waals surface area contributed by atoms with Crippen molar-refractivity contribution in [1.82, 2.24) is 5.32 Å². The molecule has 76 valence electrons. The molecule has 2 rings (SSSR count). The highest BCUT2D eigenvalue weighted by Crippen LogP contribution is 2.36. The Labute approximate surface area is 83.1 Å². The second-order valence-electron chi connectivity index (χ2n) is 3.59. The van der Waals surface area contributed by atoms with E-state index in [2.05, 4.69) is 5.32 Å². The summed E-state index contributed by atoms with van der Waals surface area (Å²) in [5.41, 5.74) is 2.05. The third-order valence-corrected chi connectivity index (χ3v) is 2.72. The van der Waals surface area contributed by atoms with E-state index in [0.717, 1.165) is 17.5 Å². The summed E-state index contributed by atoms with van der Waals surface area (Å²) in [6.45, 7) is 2.57. The molecule has 0 aromatic heterocycles. The van der Waals surface area contributed by atoms with Crippen LogP contribution in [0.2, 0.25) is 0 Å². The van der Waals surface area contributed by atoms with Crippen LogP contribution in [0.1, 0.15) is 23.6 Å². The highest BCUT2D eigenvalue weighted by molar-refractivity contribution is 5.44. The quantitative estimate of drug-likeness (QED) is 0.741. The summed E-state index contributed by atoms with van der Waals surface area (Å²) >= 11 is 0. The molecule has 1 aliphatic rings. The Morgan fingerprint density at radius 3 is 3.00 bits per heavy atom. The summed E-state index contributed by atoms with van der Waals surface area (Å²) in [7, 11) is 1.89. The first kappa shape index (κ1) is 9.46. The summed E-state index contributed by atoms with van der Waals surface area (Å²) < 4.78 is 18.8. The van der Waals surface area contributed by atoms with Crippen LogP contribution in [0, 0.1) is 12.7 Å². The van der Waals surface area contributed by atoms with Gasteiger partial charge in [-0.05, 0) is 25.6 Å². The summed E-state index contributed by atoms with van der Waals surface area (Å²) in [5, 5.41) is 3.18. The number of hydrogen-bond donors (Lipinski definition) is 1. The maximum Gasteiger partial charge on any atom is 0.165 e. The van der Waals surface area contributed by atoms with Gasteiger partial charge >= 0.3 is 0 Å². The molecule has 1 heterocycles. The zero-order valence-electron chi connectivity index (χ0n) is 8.43. The SMILES string of the molecule is CNC1CCOc2c(F)ccc(C)c21. The van der Waals surface area contributed by atoms with E-state index in [1.807, 2.05) is 14.0 Å². The van der Waals surface area contributed by atoms with Crippen molar-refractivity contribution in [2.24, 2.45) is 0 Å². The minimum Gasteiger partial charge on any atom is -0.490 e. The molecule has 0 bridgehead atoms. The van der Waals surface area contributed by atoms with Crippen molar-refractivity contribution in [3.05, 3.63) is 29.1 Å². The van der Waals surface area contributed by atoms with Crippen LogP contribution in [-0.4, -0.2) is 13.7 Å². The van der Waals surface area contributed by atoms with E-state index >= 15 is 0 Å². The molecule has 1 unspecified atom stereocenters. The van der Waals surface area contributed by atoms with Crippen molar-refractivity contribution >= 4 is 0 Å². The number of fused-ring (bicyclic) bond motifs is 1. The zero-order chi connectivity index (χ0) is 10.1. The highest BCUT2D eigenvalue weighted by Gasteiger charge is 2.24. The molecule has 14 heavy (non-hydrogen) atoms. The van der Waals surface area contributed by atoms with Gasteiger partial charge in [-0.25, -0.2) is 4.39 Å². The first-order valence-corrected chi connectivity index (χ1v) is 4.83. The normalized spacial score (nSPS) is 20.1. The lowest BCUT2D eigenvalue weighted by Crippen LogP contribution is -2.25. The van der Waals surface area contributed by atoms with Crippen LogP contribution in [0.25, 0.3) is 0 Å². The monoisotopic (exact) mass is 195 g/mol. The predicted octanol–water partition coefficient (Wildman–Crippen LogP) is 2.18. The van der Waals surface area contributed by atoms with E-state index < -0.39 is 0 Å². The van der Waals surface area contributed by atoms with Gasteiger partial charge in [0.1, 0.15) is 0 Å². The maximum absolute atomic E-state index is 13.4. The van der Waals surface area contributed by atoms with E-state index in [1.54, 1.807) is 6.07 Å². The van der Waals surface area contributed by atoms with Crippen LogP contribution < -0.4 is 10.1 Å². The molecule has 0 spiro atoms. The van der Waals surface area contributed by atoms with Gasteiger partial charge in [0.2, 0.25) is 0 Å². The van der Waals surface area contributed by atoms with Crippen molar-refractivity contribution in [2.45, 2.75) is 19.4 Å². The fourth-order valence-electron chi connectivity index (χ4n) is 1.96. The Morgan fingerprint density at radius 1 is 1.50 bits per heavy atom. The first-order valence-electron chi connectivity index (χ1n) is 4.83. The summed E-state index contributed by atoms with van der Waals surface area (Å²) in [6.07, 6.45) is 0.897. The van der Waals surface area contributed by atoms with Crippen LogP contribution in [0.4, 0.5) is 4.39 Å². The Bertz CT molecular complexity index is 351. The second kappa shape index (κ2) is 3.58. The molecule has 1 aliphatic heterocycles.